The van der Waals surface area contributed by atoms with Crippen molar-refractivity contribution in [2.45, 2.75) is 23.8 Å². The van der Waals surface area contributed by atoms with Crippen LogP contribution in [0.2, 0.25) is 0 Å². The normalized spacial score (nSPS) is 11.6. The minimum atomic E-state index is -0.715. The first-order chi connectivity index (χ1) is 13.9. The van der Waals surface area contributed by atoms with Gasteiger partial charge in [0.1, 0.15) is 11.9 Å². The number of aromatic hydroxyl groups is 1. The molecule has 2 aromatic carbocycles. The molecule has 0 radical (unpaired) electrons. The van der Waals surface area contributed by atoms with E-state index in [1.54, 1.807) is 36.0 Å². The molecule has 0 aliphatic carbocycles. The molecule has 2 N–H and O–H groups in total. The molecule has 0 spiro atoms. The van der Waals surface area contributed by atoms with Gasteiger partial charge in [-0.2, -0.15) is 12.6 Å². The Bertz CT molecular complexity index is 832. The second kappa shape index (κ2) is 12.0. The summed E-state index contributed by atoms with van der Waals surface area (Å²) in [5.74, 6) is -0.394. The third-order valence-corrected chi connectivity index (χ3v) is 5.42. The van der Waals surface area contributed by atoms with E-state index in [1.807, 2.05) is 18.4 Å². The van der Waals surface area contributed by atoms with E-state index in [9.17, 15) is 14.7 Å². The Morgan fingerprint density at radius 2 is 1.97 bits per heavy atom. The van der Waals surface area contributed by atoms with Crippen molar-refractivity contribution < 1.29 is 24.2 Å². The molecular weight excluding hydrogens is 478 g/mol. The van der Waals surface area contributed by atoms with Crippen LogP contribution >= 0.6 is 40.3 Å². The Hall–Kier alpha value is -1.84. The van der Waals surface area contributed by atoms with Crippen LogP contribution in [0.25, 0.3) is 0 Å². The van der Waals surface area contributed by atoms with Crippen LogP contribution < -0.4 is 5.32 Å². The van der Waals surface area contributed by atoms with Crippen molar-refractivity contribution in [3.63, 3.8) is 0 Å². The van der Waals surface area contributed by atoms with Gasteiger partial charge in [-0.15, -0.1) is 11.8 Å². The number of rotatable bonds is 9. The molecule has 0 saturated carbocycles. The average Bonchev–Trinajstić information content (AvgIpc) is 2.72. The minimum Gasteiger partial charge on any atom is -0.508 e. The van der Waals surface area contributed by atoms with Crippen LogP contribution in [0.4, 0.5) is 10.5 Å². The number of hydrogen-bond donors (Lipinski definition) is 3. The first-order valence-electron chi connectivity index (χ1n) is 8.79. The Morgan fingerprint density at radius 3 is 2.62 bits per heavy atom. The fraction of sp³-hybridized carbons (Fsp3) is 0.300. The predicted octanol–water partition coefficient (Wildman–Crippen LogP) is 5.42. The number of anilines is 1. The Morgan fingerprint density at radius 1 is 1.24 bits per heavy atom. The van der Waals surface area contributed by atoms with Crippen molar-refractivity contribution in [2.24, 2.45) is 0 Å². The van der Waals surface area contributed by atoms with Gasteiger partial charge in [0.25, 0.3) is 0 Å². The third-order valence-electron chi connectivity index (χ3n) is 3.92. The number of carbonyl (C=O) groups is 2. The number of thioether (sulfide) groups is 1. The van der Waals surface area contributed by atoms with Crippen molar-refractivity contribution in [2.75, 3.05) is 23.9 Å². The monoisotopic (exact) mass is 499 g/mol. The third kappa shape index (κ3) is 7.83. The Labute approximate surface area is 187 Å². The molecule has 156 valence electrons. The molecule has 0 aliphatic rings. The summed E-state index contributed by atoms with van der Waals surface area (Å²) < 4.78 is 11.3. The molecule has 1 atom stereocenters. The second-order valence-corrected chi connectivity index (χ2v) is 8.08. The van der Waals surface area contributed by atoms with Crippen LogP contribution in [0.1, 0.15) is 24.5 Å². The lowest BCUT2D eigenvalue weighted by Gasteiger charge is -2.20. The number of thiol groups is 1. The summed E-state index contributed by atoms with van der Waals surface area (Å²) in [6, 6.07) is 12.3. The highest BCUT2D eigenvalue weighted by molar-refractivity contribution is 9.10. The van der Waals surface area contributed by atoms with E-state index in [0.717, 1.165) is 9.37 Å². The van der Waals surface area contributed by atoms with Crippen molar-refractivity contribution in [1.82, 2.24) is 0 Å². The summed E-state index contributed by atoms with van der Waals surface area (Å²) in [7, 11) is 0. The van der Waals surface area contributed by atoms with E-state index in [4.69, 9.17) is 9.47 Å². The summed E-state index contributed by atoms with van der Waals surface area (Å²) >= 11 is 8.82. The van der Waals surface area contributed by atoms with Crippen LogP contribution in [-0.2, 0) is 14.3 Å². The molecule has 0 aromatic heterocycles. The molecule has 6 nitrogen and oxygen atoms in total. The fourth-order valence-electron chi connectivity index (χ4n) is 2.51. The van der Waals surface area contributed by atoms with Gasteiger partial charge in [0.05, 0.1) is 12.4 Å². The van der Waals surface area contributed by atoms with Gasteiger partial charge in [-0.1, -0.05) is 15.9 Å². The zero-order chi connectivity index (χ0) is 21.2. The molecule has 2 rings (SSSR count). The maximum atomic E-state index is 12.4. The molecule has 9 heteroatoms. The molecule has 0 saturated heterocycles. The SMILES string of the molecule is CSc1ccc(NC(=O)O[C@@H](CCCOC(=O)CS)c2cc(Br)ccc2O)cc1. The molecule has 29 heavy (non-hydrogen) atoms. The van der Waals surface area contributed by atoms with Crippen LogP contribution in [-0.4, -0.2) is 35.8 Å². The van der Waals surface area contributed by atoms with Gasteiger partial charge in [0.2, 0.25) is 0 Å². The molecule has 0 heterocycles. The predicted molar refractivity (Wildman–Crippen MR) is 121 cm³/mol. The maximum Gasteiger partial charge on any atom is 0.412 e. The Balaban J connectivity index is 2.05. The number of hydrogen-bond acceptors (Lipinski definition) is 7. The molecule has 0 aliphatic heterocycles. The summed E-state index contributed by atoms with van der Waals surface area (Å²) in [5.41, 5.74) is 1.07. The van der Waals surface area contributed by atoms with Gasteiger partial charge >= 0.3 is 12.1 Å². The smallest absolute Gasteiger partial charge is 0.412 e. The number of nitrogens with one attached hydrogen (secondary N) is 1. The molecule has 0 fully saturated rings. The summed E-state index contributed by atoms with van der Waals surface area (Å²) in [4.78, 5) is 24.7. The van der Waals surface area contributed by atoms with E-state index in [0.29, 0.717) is 24.1 Å². The maximum absolute atomic E-state index is 12.4. The number of halogens is 1. The highest BCUT2D eigenvalue weighted by Crippen LogP contribution is 2.33. The van der Waals surface area contributed by atoms with Gasteiger partial charge in [-0.05, 0) is 61.6 Å². The first kappa shape index (κ1) is 23.4. The van der Waals surface area contributed by atoms with E-state index >= 15 is 0 Å². The topological polar surface area (TPSA) is 84.9 Å². The summed E-state index contributed by atoms with van der Waals surface area (Å²) in [6.45, 7) is 0.172. The second-order valence-electron chi connectivity index (χ2n) is 5.97. The average molecular weight is 500 g/mol. The lowest BCUT2D eigenvalue weighted by atomic mass is 10.0. The van der Waals surface area contributed by atoms with Gasteiger partial charge in [0, 0.05) is 20.6 Å². The van der Waals surface area contributed by atoms with E-state index < -0.39 is 18.2 Å². The quantitative estimate of drug-likeness (QED) is 0.185. The number of phenolic OH excluding ortho intramolecular Hbond substituents is 1. The lowest BCUT2D eigenvalue weighted by Crippen LogP contribution is -2.18. The van der Waals surface area contributed by atoms with Gasteiger partial charge in [-0.3, -0.25) is 10.1 Å². The Kier molecular flexibility index (Phi) is 9.69. The van der Waals surface area contributed by atoms with E-state index in [-0.39, 0.29) is 18.1 Å². The van der Waals surface area contributed by atoms with E-state index in [1.165, 1.54) is 6.07 Å². The zero-order valence-electron chi connectivity index (χ0n) is 15.8. The zero-order valence-corrected chi connectivity index (χ0v) is 19.1. The molecule has 2 aromatic rings. The van der Waals surface area contributed by atoms with Crippen molar-refractivity contribution in [3.8, 4) is 5.75 Å². The van der Waals surface area contributed by atoms with Gasteiger partial charge in [-0.25, -0.2) is 4.79 Å². The number of phenols is 1. The number of esters is 1. The number of benzene rings is 2. The van der Waals surface area contributed by atoms with Crippen molar-refractivity contribution in [3.05, 3.63) is 52.5 Å². The fourth-order valence-corrected chi connectivity index (χ4v) is 3.39. The van der Waals surface area contributed by atoms with Crippen LogP contribution in [0.3, 0.4) is 0 Å². The molecule has 0 bridgehead atoms. The van der Waals surface area contributed by atoms with Gasteiger partial charge in [0.15, 0.2) is 0 Å². The highest BCUT2D eigenvalue weighted by Gasteiger charge is 2.21. The number of ether oxygens (including phenoxy) is 2. The molecular formula is C20H22BrNO5S2. The van der Waals surface area contributed by atoms with Crippen LogP contribution in [0.5, 0.6) is 5.75 Å². The summed E-state index contributed by atoms with van der Waals surface area (Å²) in [6.07, 6.45) is 1.43. The standard InChI is InChI=1S/C20H22BrNO5S2/c1-29-15-7-5-14(6-8-15)22-20(25)27-18(3-2-10-26-19(24)12-28)16-11-13(21)4-9-17(16)23/h4-9,11,18,23,28H,2-3,10,12H2,1H3,(H,22,25)/t18-/m0/s1. The number of amides is 1. The highest BCUT2D eigenvalue weighted by atomic mass is 79.9. The molecule has 0 unspecified atom stereocenters. The first-order valence-corrected chi connectivity index (χ1v) is 11.4. The van der Waals surface area contributed by atoms with Gasteiger partial charge < -0.3 is 14.6 Å². The van der Waals surface area contributed by atoms with Crippen LogP contribution in [0.15, 0.2) is 51.8 Å². The minimum absolute atomic E-state index is 0.00405. The van der Waals surface area contributed by atoms with Crippen LogP contribution in [0, 0.1) is 0 Å². The summed E-state index contributed by atoms with van der Waals surface area (Å²) in [5, 5.41) is 12.9. The van der Waals surface area contributed by atoms with E-state index in [2.05, 4.69) is 33.9 Å². The largest absolute Gasteiger partial charge is 0.508 e. The van der Waals surface area contributed by atoms with Crippen molar-refractivity contribution in [1.29, 1.82) is 0 Å². The van der Waals surface area contributed by atoms with Crippen molar-refractivity contribution >= 4 is 58.1 Å². The lowest BCUT2D eigenvalue weighted by molar-refractivity contribution is -0.140. The molecule has 1 amide bonds. The number of carbonyl (C=O) groups excluding carboxylic acids is 2.